The summed E-state index contributed by atoms with van der Waals surface area (Å²) in [5.74, 6) is 0.676. The van der Waals surface area contributed by atoms with Crippen LogP contribution in [0.2, 0.25) is 0 Å². The monoisotopic (exact) mass is 110 g/mol. The van der Waals surface area contributed by atoms with Gasteiger partial charge in [0.15, 0.2) is 0 Å². The molecule has 0 heterocycles. The van der Waals surface area contributed by atoms with Gasteiger partial charge in [-0.2, -0.15) is 0 Å². The van der Waals surface area contributed by atoms with Crippen LogP contribution in [0.15, 0.2) is 24.8 Å². The summed E-state index contributed by atoms with van der Waals surface area (Å²) in [5.41, 5.74) is 0. The first-order chi connectivity index (χ1) is 3.77. The minimum atomic E-state index is 0.676. The predicted molar refractivity (Wildman–Crippen MR) is 38.8 cm³/mol. The van der Waals surface area contributed by atoms with Crippen molar-refractivity contribution in [1.82, 2.24) is 0 Å². The maximum Gasteiger partial charge on any atom is -0.0172 e. The van der Waals surface area contributed by atoms with E-state index in [-0.39, 0.29) is 0 Å². The third-order valence-electron chi connectivity index (χ3n) is 0.824. The fourth-order valence-corrected chi connectivity index (χ4v) is 0.447. The largest absolute Gasteiger partial charge is 0.103 e. The number of allylic oxidation sites excluding steroid dienone is 3. The van der Waals surface area contributed by atoms with Crippen molar-refractivity contribution in [2.45, 2.75) is 20.3 Å². The molecule has 0 heteroatoms. The van der Waals surface area contributed by atoms with Crippen molar-refractivity contribution in [1.29, 1.82) is 0 Å². The Morgan fingerprint density at radius 1 is 1.50 bits per heavy atom. The van der Waals surface area contributed by atoms with E-state index in [0.717, 1.165) is 6.42 Å². The molecule has 8 heavy (non-hydrogen) atoms. The van der Waals surface area contributed by atoms with E-state index in [0.29, 0.717) is 5.92 Å². The van der Waals surface area contributed by atoms with Gasteiger partial charge >= 0.3 is 0 Å². The van der Waals surface area contributed by atoms with Crippen LogP contribution < -0.4 is 0 Å². The molecule has 0 radical (unpaired) electrons. The van der Waals surface area contributed by atoms with Gasteiger partial charge in [-0.1, -0.05) is 32.1 Å². The molecule has 0 bridgehead atoms. The predicted octanol–water partition coefficient (Wildman–Crippen LogP) is 2.77. The van der Waals surface area contributed by atoms with Gasteiger partial charge in [-0.15, -0.1) is 6.58 Å². The topological polar surface area (TPSA) is 0 Å². The summed E-state index contributed by atoms with van der Waals surface area (Å²) in [6, 6.07) is 0. The van der Waals surface area contributed by atoms with Crippen molar-refractivity contribution >= 4 is 0 Å². The van der Waals surface area contributed by atoms with Crippen LogP contribution in [0.25, 0.3) is 0 Å². The van der Waals surface area contributed by atoms with Gasteiger partial charge in [0.1, 0.15) is 0 Å². The molecule has 0 saturated heterocycles. The third-order valence-corrected chi connectivity index (χ3v) is 0.824. The van der Waals surface area contributed by atoms with Gasteiger partial charge in [0, 0.05) is 0 Å². The summed E-state index contributed by atoms with van der Waals surface area (Å²) in [6.45, 7) is 7.94. The minimum absolute atomic E-state index is 0.676. The number of rotatable bonds is 3. The Kier molecular flexibility index (Phi) is 4.33. The fraction of sp³-hybridized carbons (Fsp3) is 0.500. The lowest BCUT2D eigenvalue weighted by Crippen LogP contribution is -1.74. The summed E-state index contributed by atoms with van der Waals surface area (Å²) in [5, 5.41) is 0. The zero-order valence-corrected chi connectivity index (χ0v) is 5.72. The Bertz CT molecular complexity index is 78.0. The van der Waals surface area contributed by atoms with E-state index < -0.39 is 0 Å². The Morgan fingerprint density at radius 2 is 2.12 bits per heavy atom. The molecule has 0 aromatic carbocycles. The van der Waals surface area contributed by atoms with Crippen LogP contribution in [-0.2, 0) is 0 Å². The van der Waals surface area contributed by atoms with E-state index in [1.807, 2.05) is 6.08 Å². The molecule has 0 fully saturated rings. The second-order valence-corrected chi connectivity index (χ2v) is 2.20. The maximum atomic E-state index is 3.61. The summed E-state index contributed by atoms with van der Waals surface area (Å²) >= 11 is 0. The highest BCUT2D eigenvalue weighted by molar-refractivity contribution is 4.89. The molecule has 0 aliphatic rings. The molecule has 0 aliphatic heterocycles. The van der Waals surface area contributed by atoms with Gasteiger partial charge in [-0.3, -0.25) is 0 Å². The quantitative estimate of drug-likeness (QED) is 0.490. The van der Waals surface area contributed by atoms with Gasteiger partial charge in [-0.05, 0) is 12.3 Å². The Hall–Kier alpha value is -0.520. The molecule has 0 atom stereocenters. The van der Waals surface area contributed by atoms with E-state index in [1.165, 1.54) is 0 Å². The second-order valence-electron chi connectivity index (χ2n) is 2.20. The standard InChI is InChI=1S/C8H14/c1-4-5-6-7-8(2)3/h4,6-8H,1,5H2,2-3H3/b7-6+. The van der Waals surface area contributed by atoms with Gasteiger partial charge in [0.05, 0.1) is 0 Å². The van der Waals surface area contributed by atoms with E-state index in [1.54, 1.807) is 0 Å². The van der Waals surface area contributed by atoms with Crippen LogP contribution in [0.3, 0.4) is 0 Å². The zero-order valence-electron chi connectivity index (χ0n) is 5.72. The summed E-state index contributed by atoms with van der Waals surface area (Å²) < 4.78 is 0. The van der Waals surface area contributed by atoms with E-state index in [9.17, 15) is 0 Å². The molecule has 0 aromatic rings. The molecular formula is C8H14. The molecule has 0 spiro atoms. The minimum Gasteiger partial charge on any atom is -0.103 e. The molecule has 46 valence electrons. The first kappa shape index (κ1) is 7.48. The molecule has 0 N–H and O–H groups in total. The van der Waals surface area contributed by atoms with Crippen LogP contribution in [0.5, 0.6) is 0 Å². The van der Waals surface area contributed by atoms with Crippen LogP contribution in [0.4, 0.5) is 0 Å². The maximum absolute atomic E-state index is 3.61. The average molecular weight is 110 g/mol. The van der Waals surface area contributed by atoms with Crippen molar-refractivity contribution in [3.05, 3.63) is 24.8 Å². The normalized spacial score (nSPS) is 10.9. The first-order valence-corrected chi connectivity index (χ1v) is 3.05. The van der Waals surface area contributed by atoms with Crippen molar-refractivity contribution in [3.8, 4) is 0 Å². The molecule has 0 rings (SSSR count). The van der Waals surface area contributed by atoms with E-state index in [2.05, 4.69) is 32.6 Å². The highest BCUT2D eigenvalue weighted by Gasteiger charge is 1.79. The Morgan fingerprint density at radius 3 is 2.50 bits per heavy atom. The van der Waals surface area contributed by atoms with Crippen LogP contribution in [0, 0.1) is 5.92 Å². The fourth-order valence-electron chi connectivity index (χ4n) is 0.447. The van der Waals surface area contributed by atoms with Gasteiger partial charge in [0.25, 0.3) is 0 Å². The lowest BCUT2D eigenvalue weighted by atomic mass is 10.2. The molecule has 0 unspecified atom stereocenters. The highest BCUT2D eigenvalue weighted by Crippen LogP contribution is 1.94. The van der Waals surface area contributed by atoms with Crippen LogP contribution in [0.1, 0.15) is 20.3 Å². The number of hydrogen-bond donors (Lipinski definition) is 0. The number of hydrogen-bond acceptors (Lipinski definition) is 0. The molecule has 0 saturated carbocycles. The molecule has 0 aromatic heterocycles. The van der Waals surface area contributed by atoms with Crippen LogP contribution >= 0.6 is 0 Å². The van der Waals surface area contributed by atoms with Gasteiger partial charge in [0.2, 0.25) is 0 Å². The van der Waals surface area contributed by atoms with E-state index >= 15 is 0 Å². The lowest BCUT2D eigenvalue weighted by molar-refractivity contribution is 0.828. The lowest BCUT2D eigenvalue weighted by Gasteiger charge is -1.89. The Labute approximate surface area is 51.9 Å². The summed E-state index contributed by atoms with van der Waals surface area (Å²) in [4.78, 5) is 0. The molecule has 0 aliphatic carbocycles. The van der Waals surface area contributed by atoms with Gasteiger partial charge in [-0.25, -0.2) is 0 Å². The molecular weight excluding hydrogens is 96.1 g/mol. The van der Waals surface area contributed by atoms with Crippen molar-refractivity contribution in [3.63, 3.8) is 0 Å². The SMILES string of the molecule is C=CC/C=C/C(C)C. The smallest absolute Gasteiger partial charge is 0.0172 e. The summed E-state index contributed by atoms with van der Waals surface area (Å²) in [7, 11) is 0. The first-order valence-electron chi connectivity index (χ1n) is 3.05. The third kappa shape index (κ3) is 5.48. The van der Waals surface area contributed by atoms with Crippen molar-refractivity contribution in [2.24, 2.45) is 5.92 Å². The molecule has 0 nitrogen and oxygen atoms in total. The van der Waals surface area contributed by atoms with Crippen molar-refractivity contribution < 1.29 is 0 Å². The average Bonchev–Trinajstić information content (AvgIpc) is 1.66. The zero-order chi connectivity index (χ0) is 6.41. The highest BCUT2D eigenvalue weighted by atomic mass is 13.9. The van der Waals surface area contributed by atoms with Crippen LogP contribution in [-0.4, -0.2) is 0 Å². The summed E-state index contributed by atoms with van der Waals surface area (Å²) in [6.07, 6.45) is 7.22. The Balaban J connectivity index is 3.19. The van der Waals surface area contributed by atoms with E-state index in [4.69, 9.17) is 0 Å². The van der Waals surface area contributed by atoms with Crippen molar-refractivity contribution in [2.75, 3.05) is 0 Å². The second kappa shape index (κ2) is 4.63. The van der Waals surface area contributed by atoms with Gasteiger partial charge < -0.3 is 0 Å². The molecule has 0 amide bonds.